The van der Waals surface area contributed by atoms with E-state index in [2.05, 4.69) is 4.74 Å². The Hall–Kier alpha value is -1.62. The molecule has 100 valence electrons. The van der Waals surface area contributed by atoms with Gasteiger partial charge in [-0.1, -0.05) is 12.1 Å². The van der Waals surface area contributed by atoms with E-state index in [1.165, 1.54) is 26.2 Å². The molecular formula is C13H17FO4. The summed E-state index contributed by atoms with van der Waals surface area (Å²) in [6, 6.07) is 6.18. The van der Waals surface area contributed by atoms with Crippen LogP contribution in [0.1, 0.15) is 19.4 Å². The van der Waals surface area contributed by atoms with E-state index in [-0.39, 0.29) is 12.2 Å². The molecule has 1 aromatic carbocycles. The lowest BCUT2D eigenvalue weighted by molar-refractivity contribution is -0.160. The third kappa shape index (κ3) is 2.98. The first-order chi connectivity index (χ1) is 8.43. The number of carbonyl (C=O) groups is 1. The summed E-state index contributed by atoms with van der Waals surface area (Å²) in [5.41, 5.74) is -1.65. The van der Waals surface area contributed by atoms with Crippen LogP contribution in [0.15, 0.2) is 24.3 Å². The number of ether oxygens (including phenoxy) is 2. The topological polar surface area (TPSA) is 55.8 Å². The molecule has 0 aliphatic heterocycles. The molecular weight excluding hydrogens is 239 g/mol. The van der Waals surface area contributed by atoms with Crippen LogP contribution in [-0.4, -0.2) is 31.0 Å². The van der Waals surface area contributed by atoms with Crippen LogP contribution in [0.5, 0.6) is 5.75 Å². The maximum absolute atomic E-state index is 13.9. The molecule has 1 N–H and O–H groups in total. The Labute approximate surface area is 105 Å². The lowest BCUT2D eigenvalue weighted by Crippen LogP contribution is -2.40. The van der Waals surface area contributed by atoms with Crippen LogP contribution in [0.3, 0.4) is 0 Å². The zero-order valence-corrected chi connectivity index (χ0v) is 10.6. The van der Waals surface area contributed by atoms with Gasteiger partial charge in [0.1, 0.15) is 11.4 Å². The average molecular weight is 256 g/mol. The Bertz CT molecular complexity index is 400. The highest BCUT2D eigenvalue weighted by atomic mass is 19.1. The van der Waals surface area contributed by atoms with E-state index in [1.54, 1.807) is 19.1 Å². The van der Waals surface area contributed by atoms with Crippen molar-refractivity contribution in [3.05, 3.63) is 29.8 Å². The van der Waals surface area contributed by atoms with Crippen molar-refractivity contribution in [1.82, 2.24) is 0 Å². The number of alkyl halides is 1. The van der Waals surface area contributed by atoms with Crippen LogP contribution in [-0.2, 0) is 15.1 Å². The van der Waals surface area contributed by atoms with Crippen molar-refractivity contribution in [2.24, 2.45) is 0 Å². The lowest BCUT2D eigenvalue weighted by atomic mass is 9.91. The van der Waals surface area contributed by atoms with Gasteiger partial charge < -0.3 is 14.6 Å². The number of aliphatic hydroxyl groups is 1. The summed E-state index contributed by atoms with van der Waals surface area (Å²) in [6.07, 6.45) is -2.13. The summed E-state index contributed by atoms with van der Waals surface area (Å²) in [5, 5.41) is 10.1. The van der Waals surface area contributed by atoms with E-state index in [0.717, 1.165) is 0 Å². The molecule has 0 spiro atoms. The van der Waals surface area contributed by atoms with Crippen molar-refractivity contribution in [3.63, 3.8) is 0 Å². The molecule has 0 aromatic heterocycles. The van der Waals surface area contributed by atoms with Crippen LogP contribution in [0.2, 0.25) is 0 Å². The predicted octanol–water partition coefficient (Wildman–Crippen LogP) is 1.80. The van der Waals surface area contributed by atoms with Crippen molar-refractivity contribution in [1.29, 1.82) is 0 Å². The van der Waals surface area contributed by atoms with Gasteiger partial charge in [0, 0.05) is 0 Å². The highest BCUT2D eigenvalue weighted by molar-refractivity contribution is 5.76. The van der Waals surface area contributed by atoms with E-state index in [0.29, 0.717) is 5.75 Å². The lowest BCUT2D eigenvalue weighted by Gasteiger charge is -2.26. The molecule has 0 bridgehead atoms. The predicted molar refractivity (Wildman–Crippen MR) is 64.1 cm³/mol. The molecule has 0 aliphatic carbocycles. The Morgan fingerprint density at radius 3 is 2.44 bits per heavy atom. The van der Waals surface area contributed by atoms with Gasteiger partial charge in [-0.2, -0.15) is 0 Å². The van der Waals surface area contributed by atoms with E-state index in [9.17, 15) is 14.3 Å². The maximum Gasteiger partial charge on any atom is 0.344 e. The quantitative estimate of drug-likeness (QED) is 0.816. The minimum atomic E-state index is -2.13. The van der Waals surface area contributed by atoms with Crippen LogP contribution < -0.4 is 4.74 Å². The van der Waals surface area contributed by atoms with Crippen molar-refractivity contribution < 1.29 is 23.8 Å². The number of hydrogen-bond donors (Lipinski definition) is 1. The number of rotatable bonds is 5. The largest absolute Gasteiger partial charge is 0.497 e. The van der Waals surface area contributed by atoms with Gasteiger partial charge >= 0.3 is 5.97 Å². The fourth-order valence-corrected chi connectivity index (χ4v) is 1.52. The fourth-order valence-electron chi connectivity index (χ4n) is 1.52. The molecule has 0 radical (unpaired) electrons. The Balaban J connectivity index is 2.93. The standard InChI is InChI=1S/C13H17FO4/c1-4-18-12(15)11(14)13(2,16)9-5-7-10(17-3)8-6-9/h5-8,11,16H,4H2,1-3H3/t11-,13+/m1/s1. The van der Waals surface area contributed by atoms with Crippen molar-refractivity contribution >= 4 is 5.97 Å². The molecule has 0 saturated heterocycles. The molecule has 0 aliphatic rings. The molecule has 0 fully saturated rings. The molecule has 1 aromatic rings. The first-order valence-electron chi connectivity index (χ1n) is 5.61. The molecule has 0 amide bonds. The molecule has 1 rings (SSSR count). The van der Waals surface area contributed by atoms with E-state index in [4.69, 9.17) is 4.74 Å². The molecule has 0 saturated carbocycles. The minimum Gasteiger partial charge on any atom is -0.497 e. The maximum atomic E-state index is 13.9. The van der Waals surface area contributed by atoms with Gasteiger partial charge in [-0.25, -0.2) is 9.18 Å². The smallest absolute Gasteiger partial charge is 0.344 e. The average Bonchev–Trinajstić information content (AvgIpc) is 2.38. The van der Waals surface area contributed by atoms with Crippen LogP contribution in [0, 0.1) is 0 Å². The Kier molecular flexibility index (Phi) is 4.67. The van der Waals surface area contributed by atoms with Crippen molar-refractivity contribution in [3.8, 4) is 5.75 Å². The van der Waals surface area contributed by atoms with E-state index >= 15 is 0 Å². The van der Waals surface area contributed by atoms with Crippen molar-refractivity contribution in [2.75, 3.05) is 13.7 Å². The monoisotopic (exact) mass is 256 g/mol. The Morgan fingerprint density at radius 1 is 1.44 bits per heavy atom. The SMILES string of the molecule is CCOC(=O)[C@@H](F)[C@@](C)(O)c1ccc(OC)cc1. The van der Waals surface area contributed by atoms with Crippen LogP contribution >= 0.6 is 0 Å². The normalized spacial score (nSPS) is 15.6. The fraction of sp³-hybridized carbons (Fsp3) is 0.462. The summed E-state index contributed by atoms with van der Waals surface area (Å²) in [6.45, 7) is 2.88. The van der Waals surface area contributed by atoms with Gasteiger partial charge in [0.25, 0.3) is 0 Å². The van der Waals surface area contributed by atoms with Gasteiger partial charge in [-0.15, -0.1) is 0 Å². The van der Waals surface area contributed by atoms with Gasteiger partial charge in [-0.05, 0) is 31.5 Å². The summed E-state index contributed by atoms with van der Waals surface area (Å²) in [5.74, 6) is -0.487. The number of benzene rings is 1. The van der Waals surface area contributed by atoms with Crippen LogP contribution in [0.4, 0.5) is 4.39 Å². The second-order valence-electron chi connectivity index (χ2n) is 3.99. The number of halogens is 1. The molecule has 4 nitrogen and oxygen atoms in total. The molecule has 2 atom stereocenters. The van der Waals surface area contributed by atoms with Crippen LogP contribution in [0.25, 0.3) is 0 Å². The van der Waals surface area contributed by atoms with Gasteiger partial charge in [0.05, 0.1) is 13.7 Å². The number of carbonyl (C=O) groups excluding carboxylic acids is 1. The molecule has 18 heavy (non-hydrogen) atoms. The zero-order chi connectivity index (χ0) is 13.8. The highest BCUT2D eigenvalue weighted by Gasteiger charge is 2.40. The molecule has 0 heterocycles. The minimum absolute atomic E-state index is 0.0674. The van der Waals surface area contributed by atoms with E-state index in [1.807, 2.05) is 0 Å². The first-order valence-corrected chi connectivity index (χ1v) is 5.61. The summed E-state index contributed by atoms with van der Waals surface area (Å²) in [7, 11) is 1.50. The highest BCUT2D eigenvalue weighted by Crippen LogP contribution is 2.29. The zero-order valence-electron chi connectivity index (χ0n) is 10.6. The molecule has 0 unspecified atom stereocenters. The van der Waals surface area contributed by atoms with Gasteiger partial charge in [-0.3, -0.25) is 0 Å². The third-order valence-corrected chi connectivity index (χ3v) is 2.66. The number of hydrogen-bond acceptors (Lipinski definition) is 4. The second-order valence-corrected chi connectivity index (χ2v) is 3.99. The Morgan fingerprint density at radius 2 is 2.00 bits per heavy atom. The third-order valence-electron chi connectivity index (χ3n) is 2.66. The second kappa shape index (κ2) is 5.82. The van der Waals surface area contributed by atoms with Gasteiger partial charge in [0.15, 0.2) is 0 Å². The summed E-state index contributed by atoms with van der Waals surface area (Å²) >= 11 is 0. The van der Waals surface area contributed by atoms with E-state index < -0.39 is 17.7 Å². The summed E-state index contributed by atoms with van der Waals surface area (Å²) < 4.78 is 23.4. The number of methoxy groups -OCH3 is 1. The van der Waals surface area contributed by atoms with Crippen molar-refractivity contribution in [2.45, 2.75) is 25.6 Å². The summed E-state index contributed by atoms with van der Waals surface area (Å²) in [4.78, 5) is 11.3. The number of esters is 1. The molecule has 5 heteroatoms. The first kappa shape index (κ1) is 14.4. The van der Waals surface area contributed by atoms with Gasteiger partial charge in [0.2, 0.25) is 6.17 Å².